The summed E-state index contributed by atoms with van der Waals surface area (Å²) in [7, 11) is 0. The van der Waals surface area contributed by atoms with Crippen LogP contribution >= 0.6 is 0 Å². The maximum Gasteiger partial charge on any atom is 0.0771 e. The molecule has 90 valence electrons. The second kappa shape index (κ2) is 5.86. The Morgan fingerprint density at radius 1 is 1.27 bits per heavy atom. The van der Waals surface area contributed by atoms with Gasteiger partial charge in [0.05, 0.1) is 18.3 Å². The highest BCUT2D eigenvalue weighted by molar-refractivity contribution is 4.82. The van der Waals surface area contributed by atoms with Crippen LogP contribution in [0.3, 0.4) is 0 Å². The van der Waals surface area contributed by atoms with Crippen LogP contribution in [0, 0.1) is 5.92 Å². The normalized spacial score (nSPS) is 21.6. The molecule has 2 nitrogen and oxygen atoms in total. The summed E-state index contributed by atoms with van der Waals surface area (Å²) in [6, 6.07) is 0. The first-order valence-electron chi connectivity index (χ1n) is 6.38. The second-order valence-corrected chi connectivity index (χ2v) is 5.31. The van der Waals surface area contributed by atoms with Crippen molar-refractivity contribution < 1.29 is 9.84 Å². The van der Waals surface area contributed by atoms with Crippen molar-refractivity contribution in [3.05, 3.63) is 0 Å². The van der Waals surface area contributed by atoms with Crippen LogP contribution in [-0.2, 0) is 4.74 Å². The van der Waals surface area contributed by atoms with E-state index in [0.29, 0.717) is 12.5 Å². The van der Waals surface area contributed by atoms with Gasteiger partial charge in [0.1, 0.15) is 0 Å². The molecule has 0 amide bonds. The molecule has 1 aliphatic rings. The predicted molar refractivity (Wildman–Crippen MR) is 62.9 cm³/mol. The van der Waals surface area contributed by atoms with Gasteiger partial charge in [0.15, 0.2) is 0 Å². The number of aliphatic hydroxyl groups is 1. The van der Waals surface area contributed by atoms with Gasteiger partial charge in [-0.2, -0.15) is 0 Å². The van der Waals surface area contributed by atoms with Crippen molar-refractivity contribution in [2.45, 2.75) is 71.0 Å². The van der Waals surface area contributed by atoms with Gasteiger partial charge in [-0.15, -0.1) is 0 Å². The first kappa shape index (κ1) is 13.0. The Morgan fingerprint density at radius 2 is 1.87 bits per heavy atom. The zero-order valence-corrected chi connectivity index (χ0v) is 10.5. The molecule has 0 heterocycles. The predicted octanol–water partition coefficient (Wildman–Crippen LogP) is 3.13. The summed E-state index contributed by atoms with van der Waals surface area (Å²) < 4.78 is 5.87. The molecule has 1 aliphatic carbocycles. The quantitative estimate of drug-likeness (QED) is 0.762. The maximum absolute atomic E-state index is 9.49. The van der Waals surface area contributed by atoms with Crippen molar-refractivity contribution >= 4 is 0 Å². The van der Waals surface area contributed by atoms with E-state index in [1.165, 1.54) is 32.1 Å². The van der Waals surface area contributed by atoms with Gasteiger partial charge in [0.2, 0.25) is 0 Å². The van der Waals surface area contributed by atoms with Crippen LogP contribution in [0.5, 0.6) is 0 Å². The summed E-state index contributed by atoms with van der Waals surface area (Å²) in [6.45, 7) is 6.82. The molecule has 1 saturated carbocycles. The first-order valence-corrected chi connectivity index (χ1v) is 6.38. The Hall–Kier alpha value is -0.0800. The Balaban J connectivity index is 2.35. The Bertz CT molecular complexity index is 171. The summed E-state index contributed by atoms with van der Waals surface area (Å²) in [4.78, 5) is 0. The third-order valence-electron chi connectivity index (χ3n) is 3.71. The second-order valence-electron chi connectivity index (χ2n) is 5.31. The first-order chi connectivity index (χ1) is 7.06. The van der Waals surface area contributed by atoms with Crippen LogP contribution in [0.4, 0.5) is 0 Å². The van der Waals surface area contributed by atoms with Crippen LogP contribution in [0.25, 0.3) is 0 Å². The largest absolute Gasteiger partial charge is 0.391 e. The van der Waals surface area contributed by atoms with Crippen molar-refractivity contribution in [3.8, 4) is 0 Å². The van der Waals surface area contributed by atoms with Crippen LogP contribution < -0.4 is 0 Å². The minimum atomic E-state index is -0.298. The lowest BCUT2D eigenvalue weighted by atomic mass is 9.79. The Morgan fingerprint density at radius 3 is 2.40 bits per heavy atom. The van der Waals surface area contributed by atoms with Crippen LogP contribution in [0.15, 0.2) is 0 Å². The maximum atomic E-state index is 9.49. The molecule has 0 aromatic heterocycles. The minimum Gasteiger partial charge on any atom is -0.391 e. The highest BCUT2D eigenvalue weighted by Gasteiger charge is 2.31. The van der Waals surface area contributed by atoms with E-state index in [0.717, 1.165) is 6.42 Å². The van der Waals surface area contributed by atoms with E-state index in [2.05, 4.69) is 13.8 Å². The standard InChI is InChI=1S/C13H26O2/c1-4-12(14)10-15-13(2,3)11-8-6-5-7-9-11/h11-12,14H,4-10H2,1-3H3. The van der Waals surface area contributed by atoms with Crippen molar-refractivity contribution in [2.24, 2.45) is 5.92 Å². The number of aliphatic hydroxyl groups excluding tert-OH is 1. The summed E-state index contributed by atoms with van der Waals surface area (Å²) in [6.07, 6.45) is 7.12. The summed E-state index contributed by atoms with van der Waals surface area (Å²) in [5.74, 6) is 0.676. The van der Waals surface area contributed by atoms with E-state index >= 15 is 0 Å². The molecule has 0 aliphatic heterocycles. The molecule has 1 fully saturated rings. The van der Waals surface area contributed by atoms with Gasteiger partial charge in [-0.25, -0.2) is 0 Å². The topological polar surface area (TPSA) is 29.5 Å². The monoisotopic (exact) mass is 214 g/mol. The zero-order chi connectivity index (χ0) is 11.3. The lowest BCUT2D eigenvalue weighted by Gasteiger charge is -2.37. The summed E-state index contributed by atoms with van der Waals surface area (Å²) in [5.41, 5.74) is -0.0590. The van der Waals surface area contributed by atoms with Gasteiger partial charge in [-0.3, -0.25) is 0 Å². The van der Waals surface area contributed by atoms with Crippen molar-refractivity contribution in [2.75, 3.05) is 6.61 Å². The van der Waals surface area contributed by atoms with E-state index in [1.54, 1.807) is 0 Å². The van der Waals surface area contributed by atoms with Crippen LogP contribution in [0.1, 0.15) is 59.3 Å². The van der Waals surface area contributed by atoms with E-state index in [9.17, 15) is 5.11 Å². The molecule has 1 unspecified atom stereocenters. The van der Waals surface area contributed by atoms with Crippen LogP contribution in [-0.4, -0.2) is 23.4 Å². The third-order valence-corrected chi connectivity index (χ3v) is 3.71. The Labute approximate surface area is 94.0 Å². The van der Waals surface area contributed by atoms with Crippen molar-refractivity contribution in [3.63, 3.8) is 0 Å². The van der Waals surface area contributed by atoms with Crippen molar-refractivity contribution in [1.82, 2.24) is 0 Å². The molecule has 0 aromatic carbocycles. The zero-order valence-electron chi connectivity index (χ0n) is 10.5. The average molecular weight is 214 g/mol. The molecule has 1 N–H and O–H groups in total. The molecule has 0 radical (unpaired) electrons. The fourth-order valence-corrected chi connectivity index (χ4v) is 2.34. The average Bonchev–Trinajstić information content (AvgIpc) is 2.27. The molecule has 15 heavy (non-hydrogen) atoms. The molecule has 0 bridgehead atoms. The van der Waals surface area contributed by atoms with Gasteiger partial charge in [0.25, 0.3) is 0 Å². The molecule has 1 atom stereocenters. The SMILES string of the molecule is CCC(O)COC(C)(C)C1CCCCC1. The smallest absolute Gasteiger partial charge is 0.0771 e. The van der Waals surface area contributed by atoms with E-state index in [-0.39, 0.29) is 11.7 Å². The molecule has 2 heteroatoms. The van der Waals surface area contributed by atoms with E-state index in [4.69, 9.17) is 4.74 Å². The molecule has 0 aromatic rings. The molecular formula is C13H26O2. The lowest BCUT2D eigenvalue weighted by molar-refractivity contribution is -0.0983. The van der Waals surface area contributed by atoms with E-state index in [1.807, 2.05) is 6.92 Å². The number of hydrogen-bond acceptors (Lipinski definition) is 2. The minimum absolute atomic E-state index is 0.0590. The number of ether oxygens (including phenoxy) is 1. The molecule has 0 spiro atoms. The molecular weight excluding hydrogens is 188 g/mol. The van der Waals surface area contributed by atoms with Crippen LogP contribution in [0.2, 0.25) is 0 Å². The van der Waals surface area contributed by atoms with Gasteiger partial charge >= 0.3 is 0 Å². The molecule has 0 saturated heterocycles. The van der Waals surface area contributed by atoms with Gasteiger partial charge in [-0.05, 0) is 39.0 Å². The van der Waals surface area contributed by atoms with Gasteiger partial charge < -0.3 is 9.84 Å². The number of hydrogen-bond donors (Lipinski definition) is 1. The number of rotatable bonds is 5. The molecule has 1 rings (SSSR count). The lowest BCUT2D eigenvalue weighted by Crippen LogP contribution is -2.38. The Kier molecular flexibility index (Phi) is 5.07. The fraction of sp³-hybridized carbons (Fsp3) is 1.00. The van der Waals surface area contributed by atoms with Gasteiger partial charge in [0, 0.05) is 0 Å². The highest BCUT2D eigenvalue weighted by atomic mass is 16.5. The van der Waals surface area contributed by atoms with Gasteiger partial charge in [-0.1, -0.05) is 26.2 Å². The highest BCUT2D eigenvalue weighted by Crippen LogP contribution is 2.34. The van der Waals surface area contributed by atoms with Crippen molar-refractivity contribution in [1.29, 1.82) is 0 Å². The van der Waals surface area contributed by atoms with E-state index < -0.39 is 0 Å². The summed E-state index contributed by atoms with van der Waals surface area (Å²) >= 11 is 0. The fourth-order valence-electron chi connectivity index (χ4n) is 2.34. The summed E-state index contributed by atoms with van der Waals surface area (Å²) in [5, 5.41) is 9.49. The third kappa shape index (κ3) is 4.12.